The lowest BCUT2D eigenvalue weighted by Crippen LogP contribution is -2.30. The molecule has 2 rings (SSSR count). The molecule has 0 fully saturated rings. The summed E-state index contributed by atoms with van der Waals surface area (Å²) in [5, 5.41) is 5.78. The van der Waals surface area contributed by atoms with Gasteiger partial charge in [0.15, 0.2) is 0 Å². The topological polar surface area (TPSA) is 54.0 Å². The molecule has 0 spiro atoms. The van der Waals surface area contributed by atoms with E-state index in [0.717, 1.165) is 5.56 Å². The maximum absolute atomic E-state index is 12.7. The Morgan fingerprint density at radius 1 is 1.20 bits per heavy atom. The standard InChI is InChI=1S/C14H13ClFN3O/c15-11-3-6-13(18-9-11)19-14(20)17-8-7-10-1-4-12(16)5-2-10/h1-6,9H,7-8H2,(H2,17,18,19,20). The fourth-order valence-electron chi connectivity index (χ4n) is 1.58. The SMILES string of the molecule is O=C(NCCc1ccc(F)cc1)Nc1ccc(Cl)cn1. The first-order valence-electron chi connectivity index (χ1n) is 6.04. The molecule has 2 N–H and O–H groups in total. The Balaban J connectivity index is 1.75. The number of hydrogen-bond acceptors (Lipinski definition) is 2. The Bertz CT molecular complexity index is 572. The number of pyridine rings is 1. The third-order valence-electron chi connectivity index (χ3n) is 2.58. The monoisotopic (exact) mass is 293 g/mol. The van der Waals surface area contributed by atoms with Crippen LogP contribution in [0.2, 0.25) is 5.02 Å². The van der Waals surface area contributed by atoms with Crippen LogP contribution in [0, 0.1) is 5.82 Å². The van der Waals surface area contributed by atoms with E-state index in [1.54, 1.807) is 24.3 Å². The molecule has 1 aromatic heterocycles. The summed E-state index contributed by atoms with van der Waals surface area (Å²) >= 11 is 5.69. The second-order valence-electron chi connectivity index (χ2n) is 4.12. The molecule has 0 saturated carbocycles. The van der Waals surface area contributed by atoms with Crippen LogP contribution in [0.5, 0.6) is 0 Å². The summed E-state index contributed by atoms with van der Waals surface area (Å²) in [5.41, 5.74) is 0.955. The minimum absolute atomic E-state index is 0.270. The van der Waals surface area contributed by atoms with Crippen LogP contribution in [0.1, 0.15) is 5.56 Å². The molecule has 0 saturated heterocycles. The summed E-state index contributed by atoms with van der Waals surface area (Å²) in [4.78, 5) is 15.5. The maximum atomic E-state index is 12.7. The number of halogens is 2. The van der Waals surface area contributed by atoms with Gasteiger partial charge in [0, 0.05) is 12.7 Å². The zero-order valence-electron chi connectivity index (χ0n) is 10.6. The number of hydrogen-bond donors (Lipinski definition) is 2. The summed E-state index contributed by atoms with van der Waals surface area (Å²) in [6.45, 7) is 0.449. The van der Waals surface area contributed by atoms with Gasteiger partial charge in [-0.05, 0) is 36.2 Å². The Morgan fingerprint density at radius 2 is 1.95 bits per heavy atom. The summed E-state index contributed by atoms with van der Waals surface area (Å²) in [5.74, 6) is 0.155. The van der Waals surface area contributed by atoms with Gasteiger partial charge < -0.3 is 5.32 Å². The highest BCUT2D eigenvalue weighted by Crippen LogP contribution is 2.09. The molecular weight excluding hydrogens is 281 g/mol. The molecule has 0 aliphatic heterocycles. The van der Waals surface area contributed by atoms with Crippen LogP contribution in [0.4, 0.5) is 15.0 Å². The van der Waals surface area contributed by atoms with Gasteiger partial charge in [-0.2, -0.15) is 0 Å². The smallest absolute Gasteiger partial charge is 0.320 e. The second-order valence-corrected chi connectivity index (χ2v) is 4.56. The first-order valence-corrected chi connectivity index (χ1v) is 6.42. The van der Waals surface area contributed by atoms with Gasteiger partial charge in [-0.25, -0.2) is 14.2 Å². The molecule has 0 aliphatic carbocycles. The highest BCUT2D eigenvalue weighted by Gasteiger charge is 2.02. The third-order valence-corrected chi connectivity index (χ3v) is 2.81. The Hall–Kier alpha value is -2.14. The Morgan fingerprint density at radius 3 is 2.60 bits per heavy atom. The number of carbonyl (C=O) groups excluding carboxylic acids is 1. The third kappa shape index (κ3) is 4.51. The van der Waals surface area contributed by atoms with E-state index in [-0.39, 0.29) is 11.8 Å². The molecule has 104 valence electrons. The van der Waals surface area contributed by atoms with E-state index < -0.39 is 0 Å². The quantitative estimate of drug-likeness (QED) is 0.909. The fourth-order valence-corrected chi connectivity index (χ4v) is 1.69. The lowest BCUT2D eigenvalue weighted by Gasteiger charge is -2.07. The van der Waals surface area contributed by atoms with Gasteiger partial charge in [0.05, 0.1) is 5.02 Å². The molecule has 0 unspecified atom stereocenters. The van der Waals surface area contributed by atoms with Crippen molar-refractivity contribution in [1.29, 1.82) is 0 Å². The summed E-state index contributed by atoms with van der Waals surface area (Å²) in [7, 11) is 0. The largest absolute Gasteiger partial charge is 0.337 e. The maximum Gasteiger partial charge on any atom is 0.320 e. The minimum atomic E-state index is -0.345. The number of rotatable bonds is 4. The molecule has 0 radical (unpaired) electrons. The van der Waals surface area contributed by atoms with Crippen molar-refractivity contribution in [3.8, 4) is 0 Å². The lowest BCUT2D eigenvalue weighted by molar-refractivity contribution is 0.252. The number of carbonyl (C=O) groups is 1. The van der Waals surface area contributed by atoms with Gasteiger partial charge >= 0.3 is 6.03 Å². The molecule has 1 aromatic carbocycles. The number of amides is 2. The minimum Gasteiger partial charge on any atom is -0.337 e. The van der Waals surface area contributed by atoms with Crippen molar-refractivity contribution in [2.75, 3.05) is 11.9 Å². The molecule has 2 aromatic rings. The molecular formula is C14H13ClFN3O. The number of nitrogens with zero attached hydrogens (tertiary/aromatic N) is 1. The van der Waals surface area contributed by atoms with E-state index in [1.165, 1.54) is 18.3 Å². The predicted molar refractivity (Wildman–Crippen MR) is 76.4 cm³/mol. The first kappa shape index (κ1) is 14.3. The van der Waals surface area contributed by atoms with Crippen molar-refractivity contribution in [1.82, 2.24) is 10.3 Å². The Labute approximate surface area is 121 Å². The van der Waals surface area contributed by atoms with E-state index in [1.807, 2.05) is 0 Å². The van der Waals surface area contributed by atoms with Gasteiger partial charge in [0.2, 0.25) is 0 Å². The van der Waals surface area contributed by atoms with E-state index in [0.29, 0.717) is 23.8 Å². The molecule has 0 aliphatic rings. The molecule has 20 heavy (non-hydrogen) atoms. The summed E-state index contributed by atoms with van der Waals surface area (Å²) < 4.78 is 12.7. The molecule has 0 atom stereocenters. The molecule has 1 heterocycles. The van der Waals surface area contributed by atoms with Gasteiger partial charge in [0.25, 0.3) is 0 Å². The lowest BCUT2D eigenvalue weighted by atomic mass is 10.1. The summed E-state index contributed by atoms with van der Waals surface area (Å²) in [6, 6.07) is 9.08. The van der Waals surface area contributed by atoms with Crippen LogP contribution >= 0.6 is 11.6 Å². The Kier molecular flexibility index (Phi) is 4.90. The van der Waals surface area contributed by atoms with Crippen molar-refractivity contribution in [2.24, 2.45) is 0 Å². The molecule has 6 heteroatoms. The molecule has 0 bridgehead atoms. The number of anilines is 1. The van der Waals surface area contributed by atoms with Gasteiger partial charge in [-0.3, -0.25) is 5.32 Å². The average Bonchev–Trinajstić information content (AvgIpc) is 2.44. The van der Waals surface area contributed by atoms with E-state index in [4.69, 9.17) is 11.6 Å². The van der Waals surface area contributed by atoms with Crippen LogP contribution in [-0.4, -0.2) is 17.6 Å². The summed E-state index contributed by atoms with van der Waals surface area (Å²) in [6.07, 6.45) is 2.08. The zero-order chi connectivity index (χ0) is 14.4. The molecule has 4 nitrogen and oxygen atoms in total. The van der Waals surface area contributed by atoms with Crippen LogP contribution in [0.15, 0.2) is 42.6 Å². The highest BCUT2D eigenvalue weighted by atomic mass is 35.5. The van der Waals surface area contributed by atoms with Crippen LogP contribution in [-0.2, 0) is 6.42 Å². The van der Waals surface area contributed by atoms with Crippen LogP contribution in [0.25, 0.3) is 0 Å². The van der Waals surface area contributed by atoms with E-state index >= 15 is 0 Å². The normalized spacial score (nSPS) is 10.1. The van der Waals surface area contributed by atoms with Crippen LogP contribution < -0.4 is 10.6 Å². The number of nitrogens with one attached hydrogen (secondary N) is 2. The van der Waals surface area contributed by atoms with E-state index in [2.05, 4.69) is 15.6 Å². The average molecular weight is 294 g/mol. The van der Waals surface area contributed by atoms with Gasteiger partial charge in [-0.15, -0.1) is 0 Å². The number of aromatic nitrogens is 1. The number of urea groups is 1. The van der Waals surface area contributed by atoms with Gasteiger partial charge in [0.1, 0.15) is 11.6 Å². The molecule has 2 amide bonds. The van der Waals surface area contributed by atoms with Crippen molar-refractivity contribution in [3.63, 3.8) is 0 Å². The second kappa shape index (κ2) is 6.86. The predicted octanol–water partition coefficient (Wildman–Crippen LogP) is 3.24. The highest BCUT2D eigenvalue weighted by molar-refractivity contribution is 6.30. The zero-order valence-corrected chi connectivity index (χ0v) is 11.3. The van der Waals surface area contributed by atoms with Crippen molar-refractivity contribution >= 4 is 23.4 Å². The van der Waals surface area contributed by atoms with E-state index in [9.17, 15) is 9.18 Å². The first-order chi connectivity index (χ1) is 9.63. The van der Waals surface area contributed by atoms with Crippen molar-refractivity contribution in [3.05, 3.63) is 59.0 Å². The number of benzene rings is 1. The van der Waals surface area contributed by atoms with Crippen molar-refractivity contribution < 1.29 is 9.18 Å². The van der Waals surface area contributed by atoms with Crippen molar-refractivity contribution in [2.45, 2.75) is 6.42 Å². The van der Waals surface area contributed by atoms with Crippen LogP contribution in [0.3, 0.4) is 0 Å². The fraction of sp³-hybridized carbons (Fsp3) is 0.143. The van der Waals surface area contributed by atoms with Gasteiger partial charge in [-0.1, -0.05) is 23.7 Å².